The molecule has 0 fully saturated rings. The maximum Gasteiger partial charge on any atom is 0.317 e. The number of carbonyl (C=O) groups is 1. The Balaban J connectivity index is 1.45. The van der Waals surface area contributed by atoms with Crippen LogP contribution in [0.25, 0.3) is 0 Å². The fourth-order valence-electron chi connectivity index (χ4n) is 3.01. The average molecular weight is 369 g/mol. The molecule has 1 aliphatic rings. The van der Waals surface area contributed by atoms with Gasteiger partial charge in [0.25, 0.3) is 0 Å². The first-order chi connectivity index (χ1) is 13.2. The van der Waals surface area contributed by atoms with Gasteiger partial charge in [0.05, 0.1) is 6.54 Å². The second-order valence-electron chi connectivity index (χ2n) is 6.53. The fourth-order valence-corrected chi connectivity index (χ4v) is 3.01. The van der Waals surface area contributed by atoms with Gasteiger partial charge in [-0.3, -0.25) is 0 Å². The zero-order chi connectivity index (χ0) is 19.1. The molecule has 1 unspecified atom stereocenters. The number of nitrogens with zero attached hydrogens (tertiary/aromatic N) is 2. The number of carbonyl (C=O) groups excluding carboxylic acids is 1. The predicted octanol–water partition coefficient (Wildman–Crippen LogP) is 2.99. The monoisotopic (exact) mass is 369 g/mol. The van der Waals surface area contributed by atoms with Crippen LogP contribution in [0.3, 0.4) is 0 Å². The van der Waals surface area contributed by atoms with E-state index in [1.54, 1.807) is 4.90 Å². The minimum absolute atomic E-state index is 0.0820. The molecule has 6 nitrogen and oxygen atoms in total. The van der Waals surface area contributed by atoms with Crippen LogP contribution in [0.5, 0.6) is 11.5 Å². The minimum atomic E-state index is -0.169. The molecule has 3 rings (SSSR count). The van der Waals surface area contributed by atoms with Gasteiger partial charge >= 0.3 is 6.03 Å². The van der Waals surface area contributed by atoms with Crippen molar-refractivity contribution < 1.29 is 14.3 Å². The van der Waals surface area contributed by atoms with Crippen molar-refractivity contribution in [2.24, 2.45) is 0 Å². The highest BCUT2D eigenvalue weighted by atomic mass is 16.6. The van der Waals surface area contributed by atoms with Gasteiger partial charge in [-0.05, 0) is 31.2 Å². The van der Waals surface area contributed by atoms with Crippen LogP contribution in [0, 0.1) is 0 Å². The van der Waals surface area contributed by atoms with Crippen molar-refractivity contribution in [2.75, 3.05) is 44.7 Å². The van der Waals surface area contributed by atoms with E-state index in [4.69, 9.17) is 9.47 Å². The van der Waals surface area contributed by atoms with Gasteiger partial charge in [-0.2, -0.15) is 0 Å². The number of para-hydroxylation sites is 3. The maximum absolute atomic E-state index is 12.5. The summed E-state index contributed by atoms with van der Waals surface area (Å²) in [6.45, 7) is 4.83. The normalized spacial score (nSPS) is 15.1. The zero-order valence-electron chi connectivity index (χ0n) is 15.9. The minimum Gasteiger partial charge on any atom is -0.486 e. The Kier molecular flexibility index (Phi) is 6.41. The number of ether oxygens (including phenoxy) is 2. The van der Waals surface area contributed by atoms with Crippen LogP contribution in [0.4, 0.5) is 10.5 Å². The van der Waals surface area contributed by atoms with Crippen molar-refractivity contribution in [1.82, 2.24) is 10.2 Å². The van der Waals surface area contributed by atoms with Crippen LogP contribution in [-0.2, 0) is 0 Å². The van der Waals surface area contributed by atoms with E-state index in [0.29, 0.717) is 26.2 Å². The maximum atomic E-state index is 12.5. The number of benzene rings is 2. The second kappa shape index (κ2) is 9.16. The van der Waals surface area contributed by atoms with Crippen molar-refractivity contribution in [1.29, 1.82) is 0 Å². The molecule has 2 aromatic carbocycles. The number of nitrogens with one attached hydrogen (secondary N) is 1. The SMILES string of the molecule is CCN(CC1COc2ccccc2O1)C(=O)NCCN(C)c1ccccc1. The molecular weight excluding hydrogens is 342 g/mol. The summed E-state index contributed by atoms with van der Waals surface area (Å²) < 4.78 is 11.7. The Hall–Kier alpha value is -2.89. The van der Waals surface area contributed by atoms with E-state index in [1.165, 1.54) is 0 Å². The fraction of sp³-hybridized carbons (Fsp3) is 0.381. The van der Waals surface area contributed by atoms with Crippen molar-refractivity contribution in [3.05, 3.63) is 54.6 Å². The van der Waals surface area contributed by atoms with Crippen molar-refractivity contribution >= 4 is 11.7 Å². The van der Waals surface area contributed by atoms with Gasteiger partial charge in [0, 0.05) is 32.4 Å². The molecule has 0 spiro atoms. The molecule has 0 radical (unpaired) electrons. The number of rotatable bonds is 7. The van der Waals surface area contributed by atoms with Crippen LogP contribution in [0.1, 0.15) is 6.92 Å². The standard InChI is InChI=1S/C21H27N3O3/c1-3-24(15-18-16-26-19-11-7-8-12-20(19)27-18)21(25)22-13-14-23(2)17-9-5-4-6-10-17/h4-12,18H,3,13-16H2,1-2H3,(H,22,25). The molecule has 6 heteroatoms. The smallest absolute Gasteiger partial charge is 0.317 e. The van der Waals surface area contributed by atoms with E-state index in [0.717, 1.165) is 23.7 Å². The lowest BCUT2D eigenvalue weighted by molar-refractivity contribution is 0.0676. The van der Waals surface area contributed by atoms with E-state index in [2.05, 4.69) is 22.3 Å². The van der Waals surface area contributed by atoms with Crippen LogP contribution in [-0.4, -0.2) is 56.9 Å². The molecule has 27 heavy (non-hydrogen) atoms. The van der Waals surface area contributed by atoms with Gasteiger partial charge in [-0.15, -0.1) is 0 Å². The molecule has 0 saturated carbocycles. The van der Waals surface area contributed by atoms with Gasteiger partial charge < -0.3 is 24.6 Å². The van der Waals surface area contributed by atoms with Gasteiger partial charge in [0.15, 0.2) is 17.6 Å². The third-order valence-corrected chi connectivity index (χ3v) is 4.58. The van der Waals surface area contributed by atoms with Crippen LogP contribution in [0.2, 0.25) is 0 Å². The summed E-state index contributed by atoms with van der Waals surface area (Å²) in [7, 11) is 2.02. The summed E-state index contributed by atoms with van der Waals surface area (Å²) >= 11 is 0. The van der Waals surface area contributed by atoms with Crippen LogP contribution >= 0.6 is 0 Å². The Morgan fingerprint density at radius 2 is 1.81 bits per heavy atom. The Labute approximate surface area is 160 Å². The molecule has 1 heterocycles. The number of anilines is 1. The lowest BCUT2D eigenvalue weighted by atomic mass is 10.2. The summed E-state index contributed by atoms with van der Waals surface area (Å²) in [4.78, 5) is 16.4. The van der Waals surface area contributed by atoms with E-state index in [9.17, 15) is 4.79 Å². The highest BCUT2D eigenvalue weighted by Gasteiger charge is 2.24. The Morgan fingerprint density at radius 1 is 1.11 bits per heavy atom. The van der Waals surface area contributed by atoms with E-state index in [1.807, 2.05) is 56.4 Å². The topological polar surface area (TPSA) is 54.0 Å². The molecular formula is C21H27N3O3. The highest BCUT2D eigenvalue weighted by molar-refractivity contribution is 5.74. The van der Waals surface area contributed by atoms with E-state index in [-0.39, 0.29) is 12.1 Å². The largest absolute Gasteiger partial charge is 0.486 e. The van der Waals surface area contributed by atoms with Gasteiger partial charge in [-0.1, -0.05) is 30.3 Å². The van der Waals surface area contributed by atoms with Gasteiger partial charge in [0.1, 0.15) is 6.61 Å². The second-order valence-corrected chi connectivity index (χ2v) is 6.53. The molecule has 1 atom stereocenters. The summed E-state index contributed by atoms with van der Waals surface area (Å²) in [6, 6.07) is 17.6. The molecule has 0 aromatic heterocycles. The van der Waals surface area contributed by atoms with Gasteiger partial charge in [0.2, 0.25) is 0 Å². The predicted molar refractivity (Wildman–Crippen MR) is 107 cm³/mol. The summed E-state index contributed by atoms with van der Waals surface area (Å²) in [5.41, 5.74) is 1.13. The third kappa shape index (κ3) is 5.06. The number of fused-ring (bicyclic) bond motifs is 1. The van der Waals surface area contributed by atoms with Gasteiger partial charge in [-0.25, -0.2) is 4.79 Å². The molecule has 2 amide bonds. The van der Waals surface area contributed by atoms with Crippen molar-refractivity contribution in [2.45, 2.75) is 13.0 Å². The first-order valence-electron chi connectivity index (χ1n) is 9.35. The van der Waals surface area contributed by atoms with Crippen LogP contribution in [0.15, 0.2) is 54.6 Å². The Bertz CT molecular complexity index is 738. The average Bonchev–Trinajstić information content (AvgIpc) is 2.72. The Morgan fingerprint density at radius 3 is 2.56 bits per heavy atom. The van der Waals surface area contributed by atoms with Crippen molar-refractivity contribution in [3.63, 3.8) is 0 Å². The number of amides is 2. The highest BCUT2D eigenvalue weighted by Crippen LogP contribution is 2.30. The number of urea groups is 1. The lowest BCUT2D eigenvalue weighted by Gasteiger charge is -2.31. The molecule has 1 aliphatic heterocycles. The summed E-state index contributed by atoms with van der Waals surface area (Å²) in [6.07, 6.45) is -0.169. The number of hydrogen-bond acceptors (Lipinski definition) is 4. The zero-order valence-corrected chi connectivity index (χ0v) is 15.9. The molecule has 0 aliphatic carbocycles. The van der Waals surface area contributed by atoms with Crippen molar-refractivity contribution in [3.8, 4) is 11.5 Å². The number of hydrogen-bond donors (Lipinski definition) is 1. The molecule has 2 aromatic rings. The quantitative estimate of drug-likeness (QED) is 0.815. The van der Waals surface area contributed by atoms with Crippen LogP contribution < -0.4 is 19.7 Å². The molecule has 0 bridgehead atoms. The summed E-state index contributed by atoms with van der Waals surface area (Å²) in [5, 5.41) is 2.99. The molecule has 0 saturated heterocycles. The summed E-state index contributed by atoms with van der Waals surface area (Å²) in [5.74, 6) is 1.49. The van der Waals surface area contributed by atoms with E-state index >= 15 is 0 Å². The third-order valence-electron chi connectivity index (χ3n) is 4.58. The lowest BCUT2D eigenvalue weighted by Crippen LogP contribution is -2.48. The first kappa shape index (κ1) is 18.9. The van der Waals surface area contributed by atoms with E-state index < -0.39 is 0 Å². The molecule has 1 N–H and O–H groups in total. The first-order valence-corrected chi connectivity index (χ1v) is 9.35. The molecule has 144 valence electrons. The number of likely N-dealkylation sites (N-methyl/N-ethyl adjacent to an activating group) is 2.